The summed E-state index contributed by atoms with van der Waals surface area (Å²) in [4.78, 5) is 49.5. The number of hydrogen-bond donors (Lipinski definition) is 2. The third-order valence-corrected chi connectivity index (χ3v) is 5.12. The van der Waals surface area contributed by atoms with Crippen molar-refractivity contribution < 1.29 is 23.9 Å². The fraction of sp³-hybridized carbons (Fsp3) is 0.263. The van der Waals surface area contributed by atoms with Gasteiger partial charge in [-0.25, -0.2) is 4.79 Å². The van der Waals surface area contributed by atoms with E-state index in [4.69, 9.17) is 10.5 Å². The lowest BCUT2D eigenvalue weighted by Crippen LogP contribution is -2.30. The standard InChI is InChI=1S/C19H19N3O5S/c1-11(17(25)21-18-14(16(20)24)7-9-28-18)27-19(26)12-4-2-5-13(10-12)22-8-3-6-15(22)23/h2,4-5,7,9-11H,3,6,8H2,1H3,(H2,20,24)(H,21,25). The molecular formula is C19H19N3O5S. The van der Waals surface area contributed by atoms with Gasteiger partial charge in [0.15, 0.2) is 6.10 Å². The molecule has 28 heavy (non-hydrogen) atoms. The van der Waals surface area contributed by atoms with Crippen LogP contribution >= 0.6 is 11.3 Å². The Bertz CT molecular complexity index is 939. The first-order valence-electron chi connectivity index (χ1n) is 8.66. The normalized spacial score (nSPS) is 14.6. The second-order valence-corrected chi connectivity index (χ2v) is 7.18. The van der Waals surface area contributed by atoms with Gasteiger partial charge in [-0.3, -0.25) is 14.4 Å². The zero-order valence-corrected chi connectivity index (χ0v) is 16.0. The molecule has 1 saturated heterocycles. The number of primary amides is 1. The maximum absolute atomic E-state index is 12.4. The van der Waals surface area contributed by atoms with Gasteiger partial charge in [-0.05, 0) is 43.0 Å². The molecule has 3 amide bonds. The smallest absolute Gasteiger partial charge is 0.338 e. The molecule has 0 bridgehead atoms. The van der Waals surface area contributed by atoms with Gasteiger partial charge in [0.05, 0.1) is 11.1 Å². The van der Waals surface area contributed by atoms with Crippen LogP contribution in [0.5, 0.6) is 0 Å². The third-order valence-electron chi connectivity index (χ3n) is 4.29. The van der Waals surface area contributed by atoms with Crippen LogP contribution in [0.15, 0.2) is 35.7 Å². The van der Waals surface area contributed by atoms with Crippen molar-refractivity contribution in [2.24, 2.45) is 5.73 Å². The van der Waals surface area contributed by atoms with Crippen molar-refractivity contribution in [1.82, 2.24) is 0 Å². The highest BCUT2D eigenvalue weighted by Crippen LogP contribution is 2.24. The van der Waals surface area contributed by atoms with E-state index in [9.17, 15) is 19.2 Å². The monoisotopic (exact) mass is 401 g/mol. The summed E-state index contributed by atoms with van der Waals surface area (Å²) >= 11 is 1.14. The minimum Gasteiger partial charge on any atom is -0.449 e. The summed E-state index contributed by atoms with van der Waals surface area (Å²) < 4.78 is 5.23. The lowest BCUT2D eigenvalue weighted by molar-refractivity contribution is -0.123. The number of nitrogens with zero attached hydrogens (tertiary/aromatic N) is 1. The Morgan fingerprint density at radius 3 is 2.75 bits per heavy atom. The molecule has 1 aromatic carbocycles. The van der Waals surface area contributed by atoms with Crippen LogP contribution in [0.4, 0.5) is 10.7 Å². The van der Waals surface area contributed by atoms with Crippen LogP contribution in [0.1, 0.15) is 40.5 Å². The van der Waals surface area contributed by atoms with Crippen LogP contribution in [-0.4, -0.2) is 36.3 Å². The molecule has 0 saturated carbocycles. The van der Waals surface area contributed by atoms with Crippen molar-refractivity contribution in [2.45, 2.75) is 25.9 Å². The molecule has 0 radical (unpaired) electrons. The van der Waals surface area contributed by atoms with E-state index < -0.39 is 23.9 Å². The van der Waals surface area contributed by atoms with E-state index in [1.165, 1.54) is 13.0 Å². The van der Waals surface area contributed by atoms with Gasteiger partial charge in [-0.15, -0.1) is 11.3 Å². The van der Waals surface area contributed by atoms with Gasteiger partial charge >= 0.3 is 5.97 Å². The largest absolute Gasteiger partial charge is 0.449 e. The van der Waals surface area contributed by atoms with Crippen LogP contribution in [0.3, 0.4) is 0 Å². The highest BCUT2D eigenvalue weighted by Gasteiger charge is 2.24. The summed E-state index contributed by atoms with van der Waals surface area (Å²) in [7, 11) is 0. The molecule has 2 heterocycles. The zero-order valence-electron chi connectivity index (χ0n) is 15.1. The van der Waals surface area contributed by atoms with Gasteiger partial charge in [-0.1, -0.05) is 6.07 Å². The zero-order chi connectivity index (χ0) is 20.3. The molecule has 1 aliphatic heterocycles. The second kappa shape index (κ2) is 8.22. The number of ether oxygens (including phenoxy) is 1. The first-order chi connectivity index (χ1) is 13.4. The molecule has 1 fully saturated rings. The number of nitrogens with two attached hydrogens (primary N) is 1. The van der Waals surface area contributed by atoms with Gasteiger partial charge in [0.1, 0.15) is 5.00 Å². The van der Waals surface area contributed by atoms with Gasteiger partial charge in [-0.2, -0.15) is 0 Å². The Morgan fingerprint density at radius 2 is 2.07 bits per heavy atom. The molecule has 3 N–H and O–H groups in total. The lowest BCUT2D eigenvalue weighted by atomic mass is 10.2. The number of carbonyl (C=O) groups is 4. The summed E-state index contributed by atoms with van der Waals surface area (Å²) in [5.74, 6) is -1.91. The SMILES string of the molecule is CC(OC(=O)c1cccc(N2CCCC2=O)c1)C(=O)Nc1sccc1C(N)=O. The van der Waals surface area contributed by atoms with Gasteiger partial charge in [0.25, 0.3) is 11.8 Å². The molecule has 8 nitrogen and oxygen atoms in total. The minimum absolute atomic E-state index is 0.0134. The molecule has 0 spiro atoms. The fourth-order valence-corrected chi connectivity index (χ4v) is 3.61. The fourth-order valence-electron chi connectivity index (χ4n) is 2.82. The van der Waals surface area contributed by atoms with Crippen LogP contribution in [0.2, 0.25) is 0 Å². The minimum atomic E-state index is -1.09. The first kappa shape index (κ1) is 19.6. The summed E-state index contributed by atoms with van der Waals surface area (Å²) in [6.45, 7) is 2.04. The van der Waals surface area contributed by atoms with Crippen LogP contribution in [-0.2, 0) is 14.3 Å². The summed E-state index contributed by atoms with van der Waals surface area (Å²) in [6.07, 6.45) is 0.176. The summed E-state index contributed by atoms with van der Waals surface area (Å²) in [5, 5.41) is 4.46. The van der Waals surface area contributed by atoms with Gasteiger partial charge in [0.2, 0.25) is 5.91 Å². The predicted octanol–water partition coefficient (Wildman–Crippen LogP) is 2.16. The Morgan fingerprint density at radius 1 is 1.29 bits per heavy atom. The van der Waals surface area contributed by atoms with E-state index in [2.05, 4.69) is 5.32 Å². The molecule has 146 valence electrons. The molecule has 1 aliphatic rings. The van der Waals surface area contributed by atoms with Gasteiger partial charge in [0, 0.05) is 18.7 Å². The average Bonchev–Trinajstić information content (AvgIpc) is 3.30. The van der Waals surface area contributed by atoms with E-state index >= 15 is 0 Å². The Hall–Kier alpha value is -3.20. The topological polar surface area (TPSA) is 119 Å². The number of nitrogens with one attached hydrogen (secondary N) is 1. The number of rotatable bonds is 6. The Labute approximate surface area is 165 Å². The molecule has 9 heteroatoms. The maximum Gasteiger partial charge on any atom is 0.338 e. The van der Waals surface area contributed by atoms with Crippen molar-refractivity contribution in [1.29, 1.82) is 0 Å². The molecule has 1 aromatic heterocycles. The Kier molecular flexibility index (Phi) is 5.74. The number of hydrogen-bond acceptors (Lipinski definition) is 6. The second-order valence-electron chi connectivity index (χ2n) is 6.26. The maximum atomic E-state index is 12.4. The average molecular weight is 401 g/mol. The van der Waals surface area contributed by atoms with E-state index in [1.54, 1.807) is 34.5 Å². The van der Waals surface area contributed by atoms with Crippen LogP contribution in [0.25, 0.3) is 0 Å². The number of esters is 1. The van der Waals surface area contributed by atoms with E-state index in [0.717, 1.165) is 17.8 Å². The molecule has 2 aromatic rings. The molecule has 1 atom stereocenters. The van der Waals surface area contributed by atoms with E-state index in [0.29, 0.717) is 23.7 Å². The third kappa shape index (κ3) is 4.20. The number of thiophene rings is 1. The summed E-state index contributed by atoms with van der Waals surface area (Å²) in [6, 6.07) is 8.04. The van der Waals surface area contributed by atoms with Crippen molar-refractivity contribution in [2.75, 3.05) is 16.8 Å². The first-order valence-corrected chi connectivity index (χ1v) is 9.54. The highest BCUT2D eigenvalue weighted by molar-refractivity contribution is 7.14. The molecule has 0 aliphatic carbocycles. The van der Waals surface area contributed by atoms with Crippen molar-refractivity contribution >= 4 is 45.7 Å². The molecule has 3 rings (SSSR count). The predicted molar refractivity (Wildman–Crippen MR) is 104 cm³/mol. The van der Waals surface area contributed by atoms with Gasteiger partial charge < -0.3 is 20.7 Å². The lowest BCUT2D eigenvalue weighted by Gasteiger charge is -2.17. The quantitative estimate of drug-likeness (QED) is 0.719. The molecule has 1 unspecified atom stereocenters. The number of anilines is 2. The number of benzene rings is 1. The summed E-state index contributed by atoms with van der Waals surface area (Å²) in [5.41, 5.74) is 6.31. The van der Waals surface area contributed by atoms with Crippen molar-refractivity contribution in [3.63, 3.8) is 0 Å². The van der Waals surface area contributed by atoms with Crippen LogP contribution < -0.4 is 16.0 Å². The number of amides is 3. The van der Waals surface area contributed by atoms with Crippen molar-refractivity contribution in [3.05, 3.63) is 46.8 Å². The molecular weight excluding hydrogens is 382 g/mol. The van der Waals surface area contributed by atoms with E-state index in [1.807, 2.05) is 0 Å². The van der Waals surface area contributed by atoms with E-state index in [-0.39, 0.29) is 17.0 Å². The van der Waals surface area contributed by atoms with Crippen LogP contribution in [0, 0.1) is 0 Å². The number of carbonyl (C=O) groups excluding carboxylic acids is 4. The highest BCUT2D eigenvalue weighted by atomic mass is 32.1. The van der Waals surface area contributed by atoms with Crippen molar-refractivity contribution in [3.8, 4) is 0 Å². The Balaban J connectivity index is 1.65.